The minimum absolute atomic E-state index is 0.161. The second-order valence-corrected chi connectivity index (χ2v) is 6.76. The number of aryl methyl sites for hydroxylation is 1. The molecule has 0 saturated carbocycles. The van der Waals surface area contributed by atoms with Gasteiger partial charge in [0.2, 0.25) is 0 Å². The van der Waals surface area contributed by atoms with E-state index >= 15 is 0 Å². The van der Waals surface area contributed by atoms with Crippen molar-refractivity contribution in [2.45, 2.75) is 58.6 Å². The van der Waals surface area contributed by atoms with Crippen molar-refractivity contribution in [3.8, 4) is 0 Å². The van der Waals surface area contributed by atoms with Gasteiger partial charge >= 0.3 is 6.09 Å². The number of likely N-dealkylation sites (tertiary alicyclic amines) is 1. The molecule has 1 aromatic rings. The Morgan fingerprint density at radius 1 is 1.38 bits per heavy atom. The number of amides is 1. The van der Waals surface area contributed by atoms with Crippen LogP contribution in [0.1, 0.15) is 57.6 Å². The first-order valence-corrected chi connectivity index (χ1v) is 7.65. The van der Waals surface area contributed by atoms with Gasteiger partial charge in [-0.1, -0.05) is 11.6 Å². The Hall–Kier alpha value is -1.36. The highest BCUT2D eigenvalue weighted by Gasteiger charge is 2.33. The maximum atomic E-state index is 12.4. The lowest BCUT2D eigenvalue weighted by atomic mass is 10.0. The molecule has 5 nitrogen and oxygen atoms in total. The van der Waals surface area contributed by atoms with Gasteiger partial charge in [-0.25, -0.2) is 14.8 Å². The molecule has 1 atom stereocenters. The highest BCUT2D eigenvalue weighted by Crippen LogP contribution is 2.31. The van der Waals surface area contributed by atoms with Gasteiger partial charge in [-0.15, -0.1) is 0 Å². The molecule has 0 aromatic carbocycles. The summed E-state index contributed by atoms with van der Waals surface area (Å²) in [5.41, 5.74) is 0.296. The summed E-state index contributed by atoms with van der Waals surface area (Å²) >= 11 is 6.02. The molecule has 1 aliphatic heterocycles. The Morgan fingerprint density at radius 2 is 2.10 bits per heavy atom. The first kappa shape index (κ1) is 16.0. The highest BCUT2D eigenvalue weighted by atomic mass is 35.5. The lowest BCUT2D eigenvalue weighted by Gasteiger charge is -2.35. The molecule has 0 spiro atoms. The number of halogens is 1. The molecule has 6 heteroatoms. The number of rotatable bonds is 1. The van der Waals surface area contributed by atoms with E-state index in [-0.39, 0.29) is 12.1 Å². The lowest BCUT2D eigenvalue weighted by Crippen LogP contribution is -2.42. The van der Waals surface area contributed by atoms with Crippen molar-refractivity contribution >= 4 is 17.7 Å². The van der Waals surface area contributed by atoms with Crippen LogP contribution < -0.4 is 0 Å². The van der Waals surface area contributed by atoms with Crippen molar-refractivity contribution in [3.05, 3.63) is 22.7 Å². The van der Waals surface area contributed by atoms with Gasteiger partial charge in [0, 0.05) is 12.2 Å². The van der Waals surface area contributed by atoms with Crippen LogP contribution in [0.15, 0.2) is 6.07 Å². The molecule has 0 aliphatic carbocycles. The van der Waals surface area contributed by atoms with Crippen molar-refractivity contribution < 1.29 is 9.53 Å². The summed E-state index contributed by atoms with van der Waals surface area (Å²) in [5, 5.41) is 0.409. The monoisotopic (exact) mass is 311 g/mol. The normalized spacial score (nSPS) is 19.5. The minimum Gasteiger partial charge on any atom is -0.444 e. The zero-order chi connectivity index (χ0) is 15.6. The molecule has 116 valence electrons. The Kier molecular flexibility index (Phi) is 4.71. The zero-order valence-corrected chi connectivity index (χ0v) is 13.8. The van der Waals surface area contributed by atoms with Gasteiger partial charge in [-0.2, -0.15) is 0 Å². The lowest BCUT2D eigenvalue weighted by molar-refractivity contribution is 0.00841. The number of carbonyl (C=O) groups is 1. The van der Waals surface area contributed by atoms with Gasteiger partial charge in [0.1, 0.15) is 10.8 Å². The number of ether oxygens (including phenoxy) is 1. The van der Waals surface area contributed by atoms with E-state index in [2.05, 4.69) is 9.97 Å². The molecule has 2 rings (SSSR count). The first-order valence-electron chi connectivity index (χ1n) is 7.27. The second kappa shape index (κ2) is 6.18. The Labute approximate surface area is 130 Å². The van der Waals surface area contributed by atoms with Gasteiger partial charge in [0.25, 0.3) is 0 Å². The summed E-state index contributed by atoms with van der Waals surface area (Å²) in [4.78, 5) is 22.8. The number of piperidine rings is 1. The number of carbonyl (C=O) groups excluding carboxylic acids is 1. The molecule has 2 heterocycles. The van der Waals surface area contributed by atoms with Crippen LogP contribution in [0, 0.1) is 6.92 Å². The average Bonchev–Trinajstić information content (AvgIpc) is 2.35. The molecule has 1 saturated heterocycles. The molecule has 21 heavy (non-hydrogen) atoms. The molecular formula is C15H22ClN3O2. The predicted octanol–water partition coefficient (Wildman–Crippen LogP) is 3.90. The number of hydrogen-bond acceptors (Lipinski definition) is 4. The smallest absolute Gasteiger partial charge is 0.410 e. The van der Waals surface area contributed by atoms with E-state index in [9.17, 15) is 4.79 Å². The maximum absolute atomic E-state index is 12.4. The fraction of sp³-hybridized carbons (Fsp3) is 0.667. The molecule has 0 radical (unpaired) electrons. The molecule has 1 amide bonds. The van der Waals surface area contributed by atoms with Crippen molar-refractivity contribution in [2.24, 2.45) is 0 Å². The first-order chi connectivity index (χ1) is 9.76. The average molecular weight is 312 g/mol. The van der Waals surface area contributed by atoms with Crippen LogP contribution in [-0.4, -0.2) is 33.1 Å². The molecular weight excluding hydrogens is 290 g/mol. The van der Waals surface area contributed by atoms with Gasteiger partial charge in [0.05, 0.1) is 6.04 Å². The van der Waals surface area contributed by atoms with Crippen LogP contribution in [0.4, 0.5) is 4.79 Å². The van der Waals surface area contributed by atoms with Crippen molar-refractivity contribution in [1.82, 2.24) is 14.9 Å². The standard InChI is InChI=1S/C15H22ClN3O2/c1-10-9-12(16)18-13(17-10)11-7-5-6-8-19(11)14(20)21-15(2,3)4/h9,11H,5-8H2,1-4H3. The molecule has 1 aromatic heterocycles. The summed E-state index contributed by atoms with van der Waals surface area (Å²) in [7, 11) is 0. The van der Waals surface area contributed by atoms with Crippen LogP contribution in [0.3, 0.4) is 0 Å². The number of hydrogen-bond donors (Lipinski definition) is 0. The van der Waals surface area contributed by atoms with Crippen LogP contribution >= 0.6 is 11.6 Å². The Bertz CT molecular complexity index is 508. The molecule has 0 N–H and O–H groups in total. The third kappa shape index (κ3) is 4.30. The molecule has 1 unspecified atom stereocenters. The Balaban J connectivity index is 2.24. The summed E-state index contributed by atoms with van der Waals surface area (Å²) in [6, 6.07) is 1.55. The summed E-state index contributed by atoms with van der Waals surface area (Å²) in [5.74, 6) is 0.602. The number of aromatic nitrogens is 2. The van der Waals surface area contributed by atoms with Crippen LogP contribution in [0.5, 0.6) is 0 Å². The number of nitrogens with zero attached hydrogens (tertiary/aromatic N) is 3. The third-order valence-corrected chi connectivity index (χ3v) is 3.46. The highest BCUT2D eigenvalue weighted by molar-refractivity contribution is 6.29. The van der Waals surface area contributed by atoms with E-state index in [1.165, 1.54) is 0 Å². The topological polar surface area (TPSA) is 55.3 Å². The van der Waals surface area contributed by atoms with Crippen molar-refractivity contribution in [2.75, 3.05) is 6.54 Å². The quantitative estimate of drug-likeness (QED) is 0.738. The molecule has 1 fully saturated rings. The fourth-order valence-electron chi connectivity index (χ4n) is 2.44. The minimum atomic E-state index is -0.510. The van der Waals surface area contributed by atoms with Crippen LogP contribution in [-0.2, 0) is 4.74 Å². The van der Waals surface area contributed by atoms with Crippen molar-refractivity contribution in [1.29, 1.82) is 0 Å². The van der Waals surface area contributed by atoms with E-state index in [0.717, 1.165) is 25.0 Å². The van der Waals surface area contributed by atoms with E-state index in [4.69, 9.17) is 16.3 Å². The van der Waals surface area contributed by atoms with Gasteiger partial charge in [0.15, 0.2) is 5.82 Å². The maximum Gasteiger partial charge on any atom is 0.410 e. The van der Waals surface area contributed by atoms with E-state index < -0.39 is 5.60 Å². The van der Waals surface area contributed by atoms with Gasteiger partial charge in [-0.3, -0.25) is 4.90 Å². The van der Waals surface area contributed by atoms with Crippen LogP contribution in [0.25, 0.3) is 0 Å². The SMILES string of the molecule is Cc1cc(Cl)nc(C2CCCCN2C(=O)OC(C)(C)C)n1. The molecule has 1 aliphatic rings. The van der Waals surface area contributed by atoms with E-state index in [1.807, 2.05) is 27.7 Å². The van der Waals surface area contributed by atoms with E-state index in [1.54, 1.807) is 11.0 Å². The van der Waals surface area contributed by atoms with Gasteiger partial charge in [-0.05, 0) is 53.0 Å². The van der Waals surface area contributed by atoms with Gasteiger partial charge < -0.3 is 4.74 Å². The van der Waals surface area contributed by atoms with Crippen molar-refractivity contribution in [3.63, 3.8) is 0 Å². The molecule has 0 bridgehead atoms. The third-order valence-electron chi connectivity index (χ3n) is 3.27. The van der Waals surface area contributed by atoms with E-state index in [0.29, 0.717) is 17.5 Å². The predicted molar refractivity (Wildman–Crippen MR) is 81.3 cm³/mol. The second-order valence-electron chi connectivity index (χ2n) is 6.38. The summed E-state index contributed by atoms with van der Waals surface area (Å²) < 4.78 is 5.49. The Morgan fingerprint density at radius 3 is 2.71 bits per heavy atom. The fourth-order valence-corrected chi connectivity index (χ4v) is 2.68. The van der Waals surface area contributed by atoms with Crippen LogP contribution in [0.2, 0.25) is 5.15 Å². The zero-order valence-electron chi connectivity index (χ0n) is 13.0. The largest absolute Gasteiger partial charge is 0.444 e. The summed E-state index contributed by atoms with van der Waals surface area (Å²) in [6.07, 6.45) is 2.53. The summed E-state index contributed by atoms with van der Waals surface area (Å²) in [6.45, 7) is 8.13.